The molecule has 0 heterocycles. The van der Waals surface area contributed by atoms with Crippen LogP contribution in [0.15, 0.2) is 24.3 Å². The first-order valence-electron chi connectivity index (χ1n) is 6.61. The summed E-state index contributed by atoms with van der Waals surface area (Å²) in [7, 11) is 1.64. The van der Waals surface area contributed by atoms with Crippen molar-refractivity contribution in [3.8, 4) is 5.75 Å². The van der Waals surface area contributed by atoms with Crippen molar-refractivity contribution >= 4 is 5.97 Å². The minimum Gasteiger partial charge on any atom is -0.497 e. The second-order valence-electron chi connectivity index (χ2n) is 4.57. The van der Waals surface area contributed by atoms with Gasteiger partial charge < -0.3 is 14.8 Å². The second-order valence-corrected chi connectivity index (χ2v) is 4.57. The molecule has 1 rings (SSSR count). The van der Waals surface area contributed by atoms with E-state index in [1.165, 1.54) is 0 Å². The number of carbonyl (C=O) groups excluding carboxylic acids is 1. The molecule has 106 valence electrons. The van der Waals surface area contributed by atoms with Crippen molar-refractivity contribution in [1.29, 1.82) is 0 Å². The van der Waals surface area contributed by atoms with Crippen molar-refractivity contribution in [3.05, 3.63) is 29.8 Å². The van der Waals surface area contributed by atoms with E-state index >= 15 is 0 Å². The van der Waals surface area contributed by atoms with Crippen LogP contribution in [0.4, 0.5) is 0 Å². The summed E-state index contributed by atoms with van der Waals surface area (Å²) in [5, 5.41) is 3.36. The number of carbonyl (C=O) groups is 1. The van der Waals surface area contributed by atoms with Crippen molar-refractivity contribution in [2.75, 3.05) is 20.3 Å². The monoisotopic (exact) mass is 265 g/mol. The highest BCUT2D eigenvalue weighted by Crippen LogP contribution is 2.27. The fraction of sp³-hybridized carbons (Fsp3) is 0.533. The van der Waals surface area contributed by atoms with Gasteiger partial charge in [-0.2, -0.15) is 0 Å². The SMILES string of the molecule is CCNC(C)(CC(=O)OCC)c1ccc(OC)cc1. The Balaban J connectivity index is 2.92. The van der Waals surface area contributed by atoms with E-state index in [0.717, 1.165) is 17.9 Å². The van der Waals surface area contributed by atoms with Crippen LogP contribution in [0.2, 0.25) is 0 Å². The molecule has 1 atom stereocenters. The highest BCUT2D eigenvalue weighted by Gasteiger charge is 2.29. The summed E-state index contributed by atoms with van der Waals surface area (Å²) in [6.45, 7) is 7.03. The molecule has 1 aromatic rings. The van der Waals surface area contributed by atoms with Crippen LogP contribution in [0.3, 0.4) is 0 Å². The van der Waals surface area contributed by atoms with Crippen molar-refractivity contribution in [3.63, 3.8) is 0 Å². The third kappa shape index (κ3) is 4.24. The number of ether oxygens (including phenoxy) is 2. The smallest absolute Gasteiger partial charge is 0.307 e. The Kier molecular flexibility index (Phi) is 5.83. The summed E-state index contributed by atoms with van der Waals surface area (Å²) < 4.78 is 10.2. The Bertz CT molecular complexity index is 402. The summed E-state index contributed by atoms with van der Waals surface area (Å²) in [5.41, 5.74) is 0.621. The predicted molar refractivity (Wildman–Crippen MR) is 75.3 cm³/mol. The highest BCUT2D eigenvalue weighted by atomic mass is 16.5. The zero-order valence-corrected chi connectivity index (χ0v) is 12.2. The van der Waals surface area contributed by atoms with Crippen LogP contribution in [-0.2, 0) is 15.1 Å². The molecule has 4 nitrogen and oxygen atoms in total. The third-order valence-electron chi connectivity index (χ3n) is 3.10. The molecule has 1 aromatic carbocycles. The van der Waals surface area contributed by atoms with Crippen LogP contribution >= 0.6 is 0 Å². The van der Waals surface area contributed by atoms with E-state index in [1.807, 2.05) is 45.0 Å². The quantitative estimate of drug-likeness (QED) is 0.769. The Morgan fingerprint density at radius 1 is 1.26 bits per heavy atom. The zero-order valence-electron chi connectivity index (χ0n) is 12.2. The fourth-order valence-electron chi connectivity index (χ4n) is 2.12. The van der Waals surface area contributed by atoms with E-state index in [1.54, 1.807) is 7.11 Å². The molecule has 0 fully saturated rings. The van der Waals surface area contributed by atoms with E-state index in [4.69, 9.17) is 9.47 Å². The second kappa shape index (κ2) is 7.14. The molecule has 19 heavy (non-hydrogen) atoms. The maximum absolute atomic E-state index is 11.7. The van der Waals surface area contributed by atoms with E-state index in [0.29, 0.717) is 13.0 Å². The number of benzene rings is 1. The zero-order chi connectivity index (χ0) is 14.3. The van der Waals surface area contributed by atoms with Gasteiger partial charge in [0.1, 0.15) is 5.75 Å². The number of methoxy groups -OCH3 is 1. The number of nitrogens with one attached hydrogen (secondary N) is 1. The van der Waals surface area contributed by atoms with Crippen LogP contribution in [0.1, 0.15) is 32.8 Å². The molecule has 0 saturated carbocycles. The molecule has 0 spiro atoms. The number of rotatable bonds is 7. The average Bonchev–Trinajstić information content (AvgIpc) is 2.39. The van der Waals surface area contributed by atoms with Gasteiger partial charge in [0.05, 0.1) is 25.7 Å². The number of esters is 1. The van der Waals surface area contributed by atoms with Gasteiger partial charge in [-0.25, -0.2) is 0 Å². The molecule has 0 aliphatic heterocycles. The van der Waals surface area contributed by atoms with Gasteiger partial charge in [0, 0.05) is 0 Å². The molecule has 0 aliphatic carbocycles. The van der Waals surface area contributed by atoms with Crippen LogP contribution in [0.5, 0.6) is 5.75 Å². The third-order valence-corrected chi connectivity index (χ3v) is 3.10. The number of hydrogen-bond acceptors (Lipinski definition) is 4. The molecule has 1 N–H and O–H groups in total. The Morgan fingerprint density at radius 2 is 1.89 bits per heavy atom. The minimum atomic E-state index is -0.423. The first kappa shape index (κ1) is 15.5. The normalized spacial score (nSPS) is 13.7. The van der Waals surface area contributed by atoms with Crippen LogP contribution in [0, 0.1) is 0 Å². The van der Waals surface area contributed by atoms with Gasteiger partial charge in [0.15, 0.2) is 0 Å². The molecule has 0 aliphatic rings. The summed E-state index contributed by atoms with van der Waals surface area (Å²) in [4.78, 5) is 11.7. The lowest BCUT2D eigenvalue weighted by Gasteiger charge is -2.30. The Morgan fingerprint density at radius 3 is 2.37 bits per heavy atom. The summed E-state index contributed by atoms with van der Waals surface area (Å²) in [5.74, 6) is 0.612. The fourth-order valence-corrected chi connectivity index (χ4v) is 2.12. The predicted octanol–water partition coefficient (Wildman–Crippen LogP) is 2.47. The van der Waals surface area contributed by atoms with Crippen molar-refractivity contribution < 1.29 is 14.3 Å². The van der Waals surface area contributed by atoms with Gasteiger partial charge in [-0.15, -0.1) is 0 Å². The molecule has 0 bridgehead atoms. The molecule has 0 saturated heterocycles. The lowest BCUT2D eigenvalue weighted by molar-refractivity contribution is -0.144. The van der Waals surface area contributed by atoms with Crippen molar-refractivity contribution in [1.82, 2.24) is 5.32 Å². The summed E-state index contributed by atoms with van der Waals surface area (Å²) >= 11 is 0. The molecule has 4 heteroatoms. The standard InChI is InChI=1S/C15H23NO3/c1-5-16-15(3,11-14(17)19-6-2)12-7-9-13(18-4)10-8-12/h7-10,16H,5-6,11H2,1-4H3. The van der Waals surface area contributed by atoms with E-state index in [-0.39, 0.29) is 5.97 Å². The van der Waals surface area contributed by atoms with Gasteiger partial charge in [-0.05, 0) is 38.1 Å². The Hall–Kier alpha value is -1.55. The first-order valence-corrected chi connectivity index (χ1v) is 6.61. The van der Waals surface area contributed by atoms with Gasteiger partial charge in [-0.1, -0.05) is 19.1 Å². The molecule has 1 unspecified atom stereocenters. The van der Waals surface area contributed by atoms with Gasteiger partial charge in [0.2, 0.25) is 0 Å². The largest absolute Gasteiger partial charge is 0.497 e. The maximum Gasteiger partial charge on any atom is 0.307 e. The van der Waals surface area contributed by atoms with E-state index in [9.17, 15) is 4.79 Å². The minimum absolute atomic E-state index is 0.193. The van der Waals surface area contributed by atoms with Crippen molar-refractivity contribution in [2.45, 2.75) is 32.7 Å². The topological polar surface area (TPSA) is 47.6 Å². The molecular weight excluding hydrogens is 242 g/mol. The van der Waals surface area contributed by atoms with Crippen LogP contribution in [-0.4, -0.2) is 26.2 Å². The van der Waals surface area contributed by atoms with Gasteiger partial charge in [-0.3, -0.25) is 4.79 Å². The molecule has 0 aromatic heterocycles. The first-order chi connectivity index (χ1) is 9.05. The van der Waals surface area contributed by atoms with Gasteiger partial charge in [0.25, 0.3) is 0 Å². The number of hydrogen-bond donors (Lipinski definition) is 1. The lowest BCUT2D eigenvalue weighted by Crippen LogP contribution is -2.41. The van der Waals surface area contributed by atoms with E-state index in [2.05, 4.69) is 5.32 Å². The Labute approximate surface area is 115 Å². The van der Waals surface area contributed by atoms with E-state index < -0.39 is 5.54 Å². The summed E-state index contributed by atoms with van der Waals surface area (Å²) in [6.07, 6.45) is 0.307. The maximum atomic E-state index is 11.7. The molecule has 0 amide bonds. The highest BCUT2D eigenvalue weighted by molar-refractivity contribution is 5.71. The van der Waals surface area contributed by atoms with Crippen LogP contribution < -0.4 is 10.1 Å². The van der Waals surface area contributed by atoms with Crippen molar-refractivity contribution in [2.24, 2.45) is 0 Å². The molecular formula is C15H23NO3. The van der Waals surface area contributed by atoms with Crippen LogP contribution in [0.25, 0.3) is 0 Å². The van der Waals surface area contributed by atoms with Gasteiger partial charge >= 0.3 is 5.97 Å². The summed E-state index contributed by atoms with van der Waals surface area (Å²) in [6, 6.07) is 7.74. The lowest BCUT2D eigenvalue weighted by atomic mass is 9.88. The average molecular weight is 265 g/mol. The molecule has 0 radical (unpaired) electrons.